The first-order valence-corrected chi connectivity index (χ1v) is 4.41. The molecule has 14 heavy (non-hydrogen) atoms. The first kappa shape index (κ1) is 10.5. The third-order valence-corrected chi connectivity index (χ3v) is 2.11. The number of nitrogens with zero attached hydrogens (tertiary/aromatic N) is 1. The molecule has 0 amide bonds. The highest BCUT2D eigenvalue weighted by atomic mass is 16.4. The van der Waals surface area contributed by atoms with Gasteiger partial charge in [-0.3, -0.25) is 0 Å². The van der Waals surface area contributed by atoms with Crippen LogP contribution in [0, 0.1) is 0 Å². The number of carboxylic acid groups (broad SMARTS) is 1. The normalized spacial score (nSPS) is 12.1. The van der Waals surface area contributed by atoms with Gasteiger partial charge in [0.2, 0.25) is 0 Å². The van der Waals surface area contributed by atoms with Gasteiger partial charge in [-0.2, -0.15) is 0 Å². The number of rotatable bonds is 4. The van der Waals surface area contributed by atoms with Gasteiger partial charge in [0.25, 0.3) is 0 Å². The molecule has 4 nitrogen and oxygen atoms in total. The van der Waals surface area contributed by atoms with Crippen molar-refractivity contribution in [2.24, 2.45) is 5.73 Å². The van der Waals surface area contributed by atoms with E-state index in [4.69, 9.17) is 10.8 Å². The summed E-state index contributed by atoms with van der Waals surface area (Å²) in [6, 6.07) is 8.66. The summed E-state index contributed by atoms with van der Waals surface area (Å²) in [4.78, 5) is 12.4. The maximum atomic E-state index is 10.8. The molecule has 0 aliphatic carbocycles. The third-order valence-electron chi connectivity index (χ3n) is 2.11. The molecule has 0 radical (unpaired) electrons. The molecule has 0 spiro atoms. The van der Waals surface area contributed by atoms with E-state index in [1.807, 2.05) is 30.3 Å². The largest absolute Gasteiger partial charge is 0.480 e. The van der Waals surface area contributed by atoms with Crippen LogP contribution in [0.3, 0.4) is 0 Å². The van der Waals surface area contributed by atoms with E-state index in [-0.39, 0.29) is 6.67 Å². The number of hydrogen-bond donors (Lipinski definition) is 2. The second kappa shape index (κ2) is 4.62. The minimum absolute atomic E-state index is 0.192. The van der Waals surface area contributed by atoms with Crippen LogP contribution in [0.4, 0.5) is 5.69 Å². The Bertz CT molecular complexity index is 300. The minimum Gasteiger partial charge on any atom is -0.480 e. The zero-order chi connectivity index (χ0) is 10.6. The Labute approximate surface area is 82.9 Å². The first-order valence-electron chi connectivity index (χ1n) is 4.41. The van der Waals surface area contributed by atoms with Crippen molar-refractivity contribution in [1.29, 1.82) is 0 Å². The number of carboxylic acids is 1. The average Bonchev–Trinajstić information content (AvgIpc) is 2.20. The minimum atomic E-state index is -0.876. The standard InChI is InChI=1S/C10H14N2O2/c1-8(10(13)14)12(7-11)9-5-3-2-4-6-9/h2-6,8H,7,11H2,1H3,(H,13,14). The fraction of sp³-hybridized carbons (Fsp3) is 0.300. The van der Waals surface area contributed by atoms with E-state index in [1.54, 1.807) is 11.8 Å². The zero-order valence-electron chi connectivity index (χ0n) is 8.05. The first-order chi connectivity index (χ1) is 6.66. The molecule has 0 aliphatic heterocycles. The van der Waals surface area contributed by atoms with Crippen molar-refractivity contribution in [2.45, 2.75) is 13.0 Å². The van der Waals surface area contributed by atoms with Crippen molar-refractivity contribution >= 4 is 11.7 Å². The van der Waals surface area contributed by atoms with E-state index in [2.05, 4.69) is 0 Å². The fourth-order valence-electron chi connectivity index (χ4n) is 1.24. The van der Waals surface area contributed by atoms with Crippen LogP contribution < -0.4 is 10.6 Å². The van der Waals surface area contributed by atoms with Crippen molar-refractivity contribution in [3.05, 3.63) is 30.3 Å². The number of anilines is 1. The second-order valence-electron chi connectivity index (χ2n) is 3.00. The Balaban J connectivity index is 2.87. The molecule has 0 saturated carbocycles. The van der Waals surface area contributed by atoms with Gasteiger partial charge in [-0.15, -0.1) is 0 Å². The highest BCUT2D eigenvalue weighted by Gasteiger charge is 2.18. The summed E-state index contributed by atoms with van der Waals surface area (Å²) in [7, 11) is 0. The second-order valence-corrected chi connectivity index (χ2v) is 3.00. The van der Waals surface area contributed by atoms with Crippen LogP contribution in [0.2, 0.25) is 0 Å². The van der Waals surface area contributed by atoms with Crippen molar-refractivity contribution in [3.63, 3.8) is 0 Å². The van der Waals surface area contributed by atoms with E-state index >= 15 is 0 Å². The number of carbonyl (C=O) groups is 1. The lowest BCUT2D eigenvalue weighted by atomic mass is 10.2. The lowest BCUT2D eigenvalue weighted by molar-refractivity contribution is -0.138. The molecule has 0 aliphatic rings. The van der Waals surface area contributed by atoms with Gasteiger partial charge in [0.1, 0.15) is 6.04 Å². The van der Waals surface area contributed by atoms with Crippen LogP contribution in [0.1, 0.15) is 6.92 Å². The summed E-state index contributed by atoms with van der Waals surface area (Å²) < 4.78 is 0. The molecule has 0 saturated heterocycles. The van der Waals surface area contributed by atoms with Gasteiger partial charge in [-0.05, 0) is 19.1 Å². The van der Waals surface area contributed by atoms with E-state index < -0.39 is 12.0 Å². The quantitative estimate of drug-likeness (QED) is 0.698. The Kier molecular flexibility index (Phi) is 3.48. The van der Waals surface area contributed by atoms with E-state index in [0.717, 1.165) is 5.69 Å². The van der Waals surface area contributed by atoms with Crippen LogP contribution in [0.25, 0.3) is 0 Å². The molecule has 0 aromatic heterocycles. The molecule has 1 unspecified atom stereocenters. The number of para-hydroxylation sites is 1. The molecule has 1 rings (SSSR count). The highest BCUT2D eigenvalue weighted by Crippen LogP contribution is 2.14. The Hall–Kier alpha value is -1.55. The van der Waals surface area contributed by atoms with Gasteiger partial charge in [-0.25, -0.2) is 4.79 Å². The number of aliphatic carboxylic acids is 1. The molecule has 0 heterocycles. The van der Waals surface area contributed by atoms with Crippen LogP contribution >= 0.6 is 0 Å². The topological polar surface area (TPSA) is 66.6 Å². The van der Waals surface area contributed by atoms with Crippen molar-refractivity contribution in [3.8, 4) is 0 Å². The van der Waals surface area contributed by atoms with Gasteiger partial charge >= 0.3 is 5.97 Å². The van der Waals surface area contributed by atoms with Crippen LogP contribution in [0.5, 0.6) is 0 Å². The molecular weight excluding hydrogens is 180 g/mol. The molecule has 0 fully saturated rings. The van der Waals surface area contributed by atoms with Crippen LogP contribution in [-0.4, -0.2) is 23.8 Å². The van der Waals surface area contributed by atoms with Crippen molar-refractivity contribution < 1.29 is 9.90 Å². The van der Waals surface area contributed by atoms with Gasteiger partial charge in [0.05, 0.1) is 6.67 Å². The predicted octanol–water partition coefficient (Wildman–Crippen LogP) is 0.882. The Morgan fingerprint density at radius 3 is 2.50 bits per heavy atom. The molecular formula is C10H14N2O2. The maximum Gasteiger partial charge on any atom is 0.326 e. The zero-order valence-corrected chi connectivity index (χ0v) is 8.05. The monoisotopic (exact) mass is 194 g/mol. The Morgan fingerprint density at radius 1 is 1.50 bits per heavy atom. The molecule has 4 heteroatoms. The number of hydrogen-bond acceptors (Lipinski definition) is 3. The number of nitrogens with two attached hydrogens (primary N) is 1. The summed E-state index contributed by atoms with van der Waals surface area (Å²) in [5, 5.41) is 8.85. The molecule has 3 N–H and O–H groups in total. The predicted molar refractivity (Wildman–Crippen MR) is 55.1 cm³/mol. The lowest BCUT2D eigenvalue weighted by Crippen LogP contribution is -2.42. The SMILES string of the molecule is CC(C(=O)O)N(CN)c1ccccc1. The van der Waals surface area contributed by atoms with E-state index in [9.17, 15) is 4.79 Å². The van der Waals surface area contributed by atoms with E-state index in [0.29, 0.717) is 0 Å². The van der Waals surface area contributed by atoms with Crippen molar-refractivity contribution in [1.82, 2.24) is 0 Å². The fourth-order valence-corrected chi connectivity index (χ4v) is 1.24. The highest BCUT2D eigenvalue weighted by molar-refractivity contribution is 5.77. The van der Waals surface area contributed by atoms with Gasteiger partial charge in [0.15, 0.2) is 0 Å². The molecule has 76 valence electrons. The van der Waals surface area contributed by atoms with Gasteiger partial charge in [0, 0.05) is 5.69 Å². The summed E-state index contributed by atoms with van der Waals surface area (Å²) in [5.74, 6) is -0.876. The Morgan fingerprint density at radius 2 is 2.07 bits per heavy atom. The van der Waals surface area contributed by atoms with Crippen LogP contribution in [-0.2, 0) is 4.79 Å². The molecule has 1 atom stereocenters. The third kappa shape index (κ3) is 2.23. The lowest BCUT2D eigenvalue weighted by Gasteiger charge is -2.26. The van der Waals surface area contributed by atoms with Gasteiger partial charge in [-0.1, -0.05) is 18.2 Å². The van der Waals surface area contributed by atoms with Crippen molar-refractivity contribution in [2.75, 3.05) is 11.6 Å². The van der Waals surface area contributed by atoms with Gasteiger partial charge < -0.3 is 15.7 Å². The molecule has 1 aromatic carbocycles. The van der Waals surface area contributed by atoms with E-state index in [1.165, 1.54) is 0 Å². The maximum absolute atomic E-state index is 10.8. The smallest absolute Gasteiger partial charge is 0.326 e. The summed E-state index contributed by atoms with van der Waals surface area (Å²) in [6.45, 7) is 1.81. The number of benzene rings is 1. The average molecular weight is 194 g/mol. The molecule has 0 bridgehead atoms. The molecule has 1 aromatic rings. The summed E-state index contributed by atoms with van der Waals surface area (Å²) in [5.41, 5.74) is 6.33. The van der Waals surface area contributed by atoms with Crippen LogP contribution in [0.15, 0.2) is 30.3 Å². The summed E-state index contributed by atoms with van der Waals surface area (Å²) in [6.07, 6.45) is 0. The summed E-state index contributed by atoms with van der Waals surface area (Å²) >= 11 is 0.